The van der Waals surface area contributed by atoms with Gasteiger partial charge in [0.1, 0.15) is 11.4 Å². The molecule has 7 nitrogen and oxygen atoms in total. The summed E-state index contributed by atoms with van der Waals surface area (Å²) in [6.45, 7) is 1.44. The molecule has 0 atom stereocenters. The molecule has 0 unspecified atom stereocenters. The van der Waals surface area contributed by atoms with Crippen LogP contribution in [0.3, 0.4) is 0 Å². The Balaban J connectivity index is 1.71. The number of anilines is 2. The van der Waals surface area contributed by atoms with Crippen LogP contribution < -0.4 is 15.4 Å². The first kappa shape index (κ1) is 20.9. The van der Waals surface area contributed by atoms with Crippen LogP contribution in [0.5, 0.6) is 5.75 Å². The summed E-state index contributed by atoms with van der Waals surface area (Å²) in [7, 11) is 1.59. The van der Waals surface area contributed by atoms with Crippen molar-refractivity contribution in [2.24, 2.45) is 0 Å². The van der Waals surface area contributed by atoms with E-state index >= 15 is 0 Å². The number of hydrogen-bond acceptors (Lipinski definition) is 4. The molecule has 2 amide bonds. The van der Waals surface area contributed by atoms with E-state index in [1.165, 1.54) is 6.92 Å². The molecule has 1 aromatic heterocycles. The number of methoxy groups -OCH3 is 1. The quantitative estimate of drug-likeness (QED) is 0.466. The summed E-state index contributed by atoms with van der Waals surface area (Å²) in [6.07, 6.45) is 1.71. The van der Waals surface area contributed by atoms with Crippen molar-refractivity contribution in [3.8, 4) is 22.7 Å². The van der Waals surface area contributed by atoms with Crippen LogP contribution in [0.2, 0.25) is 0 Å². The van der Waals surface area contributed by atoms with Gasteiger partial charge in [-0.15, -0.1) is 0 Å². The monoisotopic (exact) mass is 426 g/mol. The molecule has 160 valence electrons. The average molecular weight is 426 g/mol. The lowest BCUT2D eigenvalue weighted by Gasteiger charge is -2.09. The molecule has 0 saturated carbocycles. The minimum Gasteiger partial charge on any atom is -0.496 e. The van der Waals surface area contributed by atoms with Gasteiger partial charge in [-0.25, -0.2) is 4.68 Å². The zero-order valence-corrected chi connectivity index (χ0v) is 17.7. The second-order valence-corrected chi connectivity index (χ2v) is 7.08. The molecule has 0 radical (unpaired) electrons. The van der Waals surface area contributed by atoms with Gasteiger partial charge in [-0.3, -0.25) is 9.59 Å². The minimum absolute atomic E-state index is 0.156. The molecule has 0 spiro atoms. The molecule has 1 heterocycles. The number of hydrogen-bond donors (Lipinski definition) is 2. The molecule has 0 fully saturated rings. The van der Waals surface area contributed by atoms with Gasteiger partial charge in [-0.2, -0.15) is 5.10 Å². The van der Waals surface area contributed by atoms with E-state index in [9.17, 15) is 9.59 Å². The van der Waals surface area contributed by atoms with Gasteiger partial charge in [0.25, 0.3) is 5.91 Å². The van der Waals surface area contributed by atoms with Crippen molar-refractivity contribution in [2.75, 3.05) is 17.7 Å². The Morgan fingerprint density at radius 1 is 0.844 bits per heavy atom. The fraction of sp³-hybridized carbons (Fsp3) is 0.0800. The highest BCUT2D eigenvalue weighted by Gasteiger charge is 2.21. The van der Waals surface area contributed by atoms with E-state index < -0.39 is 0 Å². The molecule has 4 aromatic rings. The first-order valence-electron chi connectivity index (χ1n) is 10.0. The van der Waals surface area contributed by atoms with Gasteiger partial charge in [0.2, 0.25) is 5.91 Å². The van der Waals surface area contributed by atoms with Crippen molar-refractivity contribution in [1.82, 2.24) is 9.78 Å². The Morgan fingerprint density at radius 2 is 1.47 bits per heavy atom. The van der Waals surface area contributed by atoms with Crippen molar-refractivity contribution in [3.05, 3.63) is 90.6 Å². The normalized spacial score (nSPS) is 10.4. The van der Waals surface area contributed by atoms with E-state index in [1.807, 2.05) is 54.6 Å². The SMILES string of the molecule is COc1ccccc1-c1nn(-c2ccccc2)cc1C(=O)Nc1ccc(NC(C)=O)cc1. The number of aromatic nitrogens is 2. The van der Waals surface area contributed by atoms with E-state index in [1.54, 1.807) is 42.3 Å². The summed E-state index contributed by atoms with van der Waals surface area (Å²) in [5.74, 6) is 0.163. The molecule has 3 aromatic carbocycles. The second kappa shape index (κ2) is 9.18. The molecular formula is C25H22N4O3. The predicted molar refractivity (Wildman–Crippen MR) is 124 cm³/mol. The molecule has 0 aliphatic heterocycles. The number of amides is 2. The van der Waals surface area contributed by atoms with Crippen LogP contribution in [0.4, 0.5) is 11.4 Å². The molecule has 0 aliphatic carbocycles. The third kappa shape index (κ3) is 4.52. The number of nitrogens with one attached hydrogen (secondary N) is 2. The lowest BCUT2D eigenvalue weighted by molar-refractivity contribution is -0.114. The molecule has 7 heteroatoms. The zero-order chi connectivity index (χ0) is 22.5. The number of carbonyl (C=O) groups excluding carboxylic acids is 2. The number of ether oxygens (including phenoxy) is 1. The average Bonchev–Trinajstić information content (AvgIpc) is 3.26. The largest absolute Gasteiger partial charge is 0.496 e. The summed E-state index contributed by atoms with van der Waals surface area (Å²) in [5.41, 5.74) is 3.73. The minimum atomic E-state index is -0.305. The highest BCUT2D eigenvalue weighted by Crippen LogP contribution is 2.32. The Bertz CT molecular complexity index is 1250. The van der Waals surface area contributed by atoms with Crippen molar-refractivity contribution in [3.63, 3.8) is 0 Å². The summed E-state index contributed by atoms with van der Waals surface area (Å²) in [5, 5.41) is 10.3. The van der Waals surface area contributed by atoms with Crippen LogP contribution >= 0.6 is 0 Å². The maximum atomic E-state index is 13.2. The lowest BCUT2D eigenvalue weighted by atomic mass is 10.1. The molecule has 0 saturated heterocycles. The fourth-order valence-corrected chi connectivity index (χ4v) is 3.33. The Morgan fingerprint density at radius 3 is 2.12 bits per heavy atom. The van der Waals surface area contributed by atoms with Crippen molar-refractivity contribution < 1.29 is 14.3 Å². The van der Waals surface area contributed by atoms with Crippen LogP contribution in [0.1, 0.15) is 17.3 Å². The van der Waals surface area contributed by atoms with Crippen LogP contribution in [-0.4, -0.2) is 28.7 Å². The van der Waals surface area contributed by atoms with Crippen molar-refractivity contribution >= 4 is 23.2 Å². The Kier molecular flexibility index (Phi) is 5.98. The van der Waals surface area contributed by atoms with Gasteiger partial charge in [-0.05, 0) is 48.5 Å². The highest BCUT2D eigenvalue weighted by atomic mass is 16.5. The molecule has 2 N–H and O–H groups in total. The molecule has 0 aliphatic rings. The van der Waals surface area contributed by atoms with E-state index in [0.29, 0.717) is 28.4 Å². The van der Waals surface area contributed by atoms with Gasteiger partial charge in [0.15, 0.2) is 0 Å². The standard InChI is InChI=1S/C25H22N4O3/c1-17(30)26-18-12-14-19(15-13-18)27-25(31)22-16-29(20-8-4-3-5-9-20)28-24(22)21-10-6-7-11-23(21)32-2/h3-16H,1-2H3,(H,26,30)(H,27,31). The second-order valence-electron chi connectivity index (χ2n) is 7.08. The molecule has 4 rings (SSSR count). The van der Waals surface area contributed by atoms with Crippen LogP contribution in [-0.2, 0) is 4.79 Å². The number of carbonyl (C=O) groups is 2. The summed E-state index contributed by atoms with van der Waals surface area (Å²) >= 11 is 0. The summed E-state index contributed by atoms with van der Waals surface area (Å²) in [4.78, 5) is 24.4. The Labute approximate surface area is 185 Å². The maximum Gasteiger partial charge on any atom is 0.259 e. The number of rotatable bonds is 6. The predicted octanol–water partition coefficient (Wildman–Crippen LogP) is 4.76. The van der Waals surface area contributed by atoms with E-state index in [4.69, 9.17) is 9.84 Å². The Hall–Kier alpha value is -4.39. The van der Waals surface area contributed by atoms with Gasteiger partial charge in [0, 0.05) is 30.1 Å². The van der Waals surface area contributed by atoms with Gasteiger partial charge in [-0.1, -0.05) is 30.3 Å². The van der Waals surface area contributed by atoms with Gasteiger partial charge >= 0.3 is 0 Å². The zero-order valence-electron chi connectivity index (χ0n) is 17.7. The van der Waals surface area contributed by atoms with Crippen molar-refractivity contribution in [1.29, 1.82) is 0 Å². The third-order valence-electron chi connectivity index (χ3n) is 4.80. The highest BCUT2D eigenvalue weighted by molar-refractivity contribution is 6.08. The summed E-state index contributed by atoms with van der Waals surface area (Å²) < 4.78 is 7.17. The maximum absolute atomic E-state index is 13.2. The number of nitrogens with zero attached hydrogens (tertiary/aromatic N) is 2. The van der Waals surface area contributed by atoms with E-state index in [-0.39, 0.29) is 11.8 Å². The van der Waals surface area contributed by atoms with Gasteiger partial charge < -0.3 is 15.4 Å². The van der Waals surface area contributed by atoms with Crippen molar-refractivity contribution in [2.45, 2.75) is 6.92 Å². The van der Waals surface area contributed by atoms with E-state index in [2.05, 4.69) is 10.6 Å². The molecule has 32 heavy (non-hydrogen) atoms. The first-order valence-corrected chi connectivity index (χ1v) is 10.0. The van der Waals surface area contributed by atoms with Gasteiger partial charge in [0.05, 0.1) is 18.4 Å². The first-order chi connectivity index (χ1) is 15.5. The smallest absolute Gasteiger partial charge is 0.259 e. The fourth-order valence-electron chi connectivity index (χ4n) is 3.33. The van der Waals surface area contributed by atoms with Crippen LogP contribution in [0, 0.1) is 0 Å². The number of para-hydroxylation sites is 2. The third-order valence-corrected chi connectivity index (χ3v) is 4.80. The topological polar surface area (TPSA) is 85.2 Å². The van der Waals surface area contributed by atoms with E-state index in [0.717, 1.165) is 11.3 Å². The van der Waals surface area contributed by atoms with Crippen LogP contribution in [0.25, 0.3) is 16.9 Å². The number of benzene rings is 3. The molecular weight excluding hydrogens is 404 g/mol. The molecule has 0 bridgehead atoms. The lowest BCUT2D eigenvalue weighted by Crippen LogP contribution is -2.12. The summed E-state index contributed by atoms with van der Waals surface area (Å²) in [6, 6.07) is 23.9. The van der Waals surface area contributed by atoms with Crippen LogP contribution in [0.15, 0.2) is 85.1 Å².